The summed E-state index contributed by atoms with van der Waals surface area (Å²) in [6.07, 6.45) is 6.66. The molecule has 0 bridgehead atoms. The second-order valence-electron chi connectivity index (χ2n) is 15.8. The number of methoxy groups -OCH3 is 1. The van der Waals surface area contributed by atoms with Crippen molar-refractivity contribution < 1.29 is 18.9 Å². The van der Waals surface area contributed by atoms with E-state index in [-0.39, 0.29) is 5.41 Å². The summed E-state index contributed by atoms with van der Waals surface area (Å²) in [5.74, 6) is 1.76. The summed E-state index contributed by atoms with van der Waals surface area (Å²) in [6, 6.07) is 42.4. The van der Waals surface area contributed by atoms with Crippen LogP contribution in [-0.4, -0.2) is 59.7 Å². The molecule has 57 heavy (non-hydrogen) atoms. The van der Waals surface area contributed by atoms with E-state index in [1.807, 2.05) is 12.1 Å². The fourth-order valence-corrected chi connectivity index (χ4v) is 10.1. The average molecular weight is 755 g/mol. The van der Waals surface area contributed by atoms with Crippen LogP contribution in [0.15, 0.2) is 121 Å². The molecule has 6 heteroatoms. The number of ether oxygens (including phenoxy) is 4. The largest absolute Gasteiger partial charge is 0.497 e. The molecule has 3 heterocycles. The van der Waals surface area contributed by atoms with Crippen LogP contribution in [0.4, 0.5) is 11.4 Å². The number of benzene rings is 6. The summed E-state index contributed by atoms with van der Waals surface area (Å²) in [5.41, 5.74) is 12.6. The summed E-state index contributed by atoms with van der Waals surface area (Å²) in [4.78, 5) is 4.85. The standard InChI is InChI=1S/C51H50N2O4/c1-4-50(5-2)46-33-36(35-9-7-6-8-10-35)11-21-43(46)47-42-22-18-40(53-27-31-56-32-28-53)34-45(42)49-44(48(47)50)23-24-51(57-49,38-14-19-41(54-3)20-15-38)37-12-16-39(17-13-37)52-25-29-55-30-26-52/h6-24,33-34H,4-5,25-32H2,1-3H3. The minimum Gasteiger partial charge on any atom is -0.497 e. The molecule has 288 valence electrons. The molecule has 6 nitrogen and oxygen atoms in total. The maximum atomic E-state index is 7.80. The fourth-order valence-electron chi connectivity index (χ4n) is 10.1. The quantitative estimate of drug-likeness (QED) is 0.154. The van der Waals surface area contributed by atoms with Gasteiger partial charge in [-0.05, 0) is 100 Å². The van der Waals surface area contributed by atoms with Gasteiger partial charge in [-0.2, -0.15) is 0 Å². The van der Waals surface area contributed by atoms with Gasteiger partial charge in [0.1, 0.15) is 11.5 Å². The third kappa shape index (κ3) is 5.75. The maximum Gasteiger partial charge on any atom is 0.178 e. The first-order valence-corrected chi connectivity index (χ1v) is 20.7. The van der Waals surface area contributed by atoms with E-state index < -0.39 is 5.60 Å². The third-order valence-electron chi connectivity index (χ3n) is 13.2. The topological polar surface area (TPSA) is 43.4 Å². The molecule has 1 atom stereocenters. The smallest absolute Gasteiger partial charge is 0.178 e. The van der Waals surface area contributed by atoms with Crippen molar-refractivity contribution in [2.75, 3.05) is 69.5 Å². The molecule has 10 rings (SSSR count). The molecule has 0 amide bonds. The van der Waals surface area contributed by atoms with Crippen molar-refractivity contribution in [2.24, 2.45) is 0 Å². The molecule has 3 aliphatic heterocycles. The minimum atomic E-state index is -0.883. The number of nitrogens with zero attached hydrogens (tertiary/aromatic N) is 2. The molecule has 6 aromatic carbocycles. The first-order valence-electron chi connectivity index (χ1n) is 20.7. The van der Waals surface area contributed by atoms with Crippen LogP contribution in [0.5, 0.6) is 11.5 Å². The highest BCUT2D eigenvalue weighted by Crippen LogP contribution is 2.61. The lowest BCUT2D eigenvalue weighted by Gasteiger charge is -2.40. The van der Waals surface area contributed by atoms with E-state index >= 15 is 0 Å². The minimum absolute atomic E-state index is 0.190. The Bertz CT molecular complexity index is 2460. The third-order valence-corrected chi connectivity index (χ3v) is 13.2. The molecule has 1 unspecified atom stereocenters. The van der Waals surface area contributed by atoms with E-state index in [1.54, 1.807) is 7.11 Å². The predicted molar refractivity (Wildman–Crippen MR) is 232 cm³/mol. The normalized spacial score (nSPS) is 19.5. The average Bonchev–Trinajstić information content (AvgIpc) is 3.59. The second kappa shape index (κ2) is 14.4. The molecule has 2 saturated heterocycles. The zero-order valence-electron chi connectivity index (χ0n) is 33.2. The Morgan fingerprint density at radius 3 is 1.91 bits per heavy atom. The van der Waals surface area contributed by atoms with Crippen LogP contribution in [0.1, 0.15) is 54.5 Å². The molecule has 2 fully saturated rings. The molecule has 0 N–H and O–H groups in total. The summed E-state index contributed by atoms with van der Waals surface area (Å²) >= 11 is 0. The van der Waals surface area contributed by atoms with Crippen LogP contribution in [-0.2, 0) is 20.5 Å². The lowest BCUT2D eigenvalue weighted by Crippen LogP contribution is -2.37. The summed E-state index contributed by atoms with van der Waals surface area (Å²) in [5, 5.41) is 2.38. The van der Waals surface area contributed by atoms with Gasteiger partial charge in [0.25, 0.3) is 0 Å². The van der Waals surface area contributed by atoms with Gasteiger partial charge in [-0.3, -0.25) is 0 Å². The number of fused-ring (bicyclic) bond motifs is 8. The molecule has 1 aliphatic carbocycles. The van der Waals surface area contributed by atoms with Gasteiger partial charge in [0.05, 0.1) is 33.5 Å². The second-order valence-corrected chi connectivity index (χ2v) is 15.8. The highest BCUT2D eigenvalue weighted by Gasteiger charge is 2.47. The number of hydrogen-bond acceptors (Lipinski definition) is 6. The van der Waals surface area contributed by atoms with Crippen LogP contribution < -0.4 is 19.3 Å². The van der Waals surface area contributed by atoms with E-state index in [4.69, 9.17) is 18.9 Å². The Labute approximate surface area is 336 Å². The maximum absolute atomic E-state index is 7.80. The SMILES string of the molecule is CCC1(CC)c2cc(-c3ccccc3)ccc2-c2c1c1c(c3cc(N4CCOCC4)ccc23)OC(c2ccc(OC)cc2)(c2ccc(N3CCOCC3)cc2)C=C1. The Hall–Kier alpha value is -5.56. The first-order chi connectivity index (χ1) is 28.1. The van der Waals surface area contributed by atoms with E-state index in [0.29, 0.717) is 0 Å². The summed E-state index contributed by atoms with van der Waals surface area (Å²) in [6.45, 7) is 11.2. The number of anilines is 2. The lowest BCUT2D eigenvalue weighted by atomic mass is 9.70. The molecular formula is C51H50N2O4. The van der Waals surface area contributed by atoms with Crippen molar-refractivity contribution >= 4 is 28.2 Å². The zero-order valence-corrected chi connectivity index (χ0v) is 33.2. The van der Waals surface area contributed by atoms with E-state index in [2.05, 4.69) is 139 Å². The van der Waals surface area contributed by atoms with Gasteiger partial charge in [0.15, 0.2) is 5.60 Å². The van der Waals surface area contributed by atoms with Crippen molar-refractivity contribution in [2.45, 2.75) is 37.7 Å². The Balaban J connectivity index is 1.21. The van der Waals surface area contributed by atoms with Gasteiger partial charge in [-0.15, -0.1) is 0 Å². The van der Waals surface area contributed by atoms with E-state index in [9.17, 15) is 0 Å². The Kier molecular flexibility index (Phi) is 9.07. The first kappa shape index (κ1) is 35.8. The van der Waals surface area contributed by atoms with E-state index in [0.717, 1.165) is 93.5 Å². The molecular weight excluding hydrogens is 705 g/mol. The molecule has 4 aliphatic rings. The van der Waals surface area contributed by atoms with Gasteiger partial charge in [0, 0.05) is 65.0 Å². The Morgan fingerprint density at radius 1 is 0.632 bits per heavy atom. The monoisotopic (exact) mass is 754 g/mol. The highest BCUT2D eigenvalue weighted by molar-refractivity contribution is 6.09. The predicted octanol–water partition coefficient (Wildman–Crippen LogP) is 10.6. The van der Waals surface area contributed by atoms with Gasteiger partial charge < -0.3 is 28.7 Å². The van der Waals surface area contributed by atoms with Crippen molar-refractivity contribution in [3.63, 3.8) is 0 Å². The van der Waals surface area contributed by atoms with Gasteiger partial charge in [0.2, 0.25) is 0 Å². The van der Waals surface area contributed by atoms with Gasteiger partial charge >= 0.3 is 0 Å². The van der Waals surface area contributed by atoms with Crippen molar-refractivity contribution in [3.8, 4) is 33.8 Å². The summed E-state index contributed by atoms with van der Waals surface area (Å²) in [7, 11) is 1.72. The lowest BCUT2D eigenvalue weighted by molar-refractivity contribution is 0.122. The number of hydrogen-bond donors (Lipinski definition) is 0. The van der Waals surface area contributed by atoms with Crippen molar-refractivity contribution in [1.29, 1.82) is 0 Å². The number of rotatable bonds is 8. The Morgan fingerprint density at radius 2 is 1.26 bits per heavy atom. The van der Waals surface area contributed by atoms with Crippen LogP contribution >= 0.6 is 0 Å². The van der Waals surface area contributed by atoms with E-state index in [1.165, 1.54) is 55.7 Å². The summed E-state index contributed by atoms with van der Waals surface area (Å²) < 4.78 is 24.9. The van der Waals surface area contributed by atoms with Crippen LogP contribution in [0.3, 0.4) is 0 Å². The van der Waals surface area contributed by atoms with Gasteiger partial charge in [-0.1, -0.05) is 92.7 Å². The molecule has 6 aromatic rings. The van der Waals surface area contributed by atoms with Crippen LogP contribution in [0.2, 0.25) is 0 Å². The number of morpholine rings is 2. The molecule has 0 aromatic heterocycles. The highest BCUT2D eigenvalue weighted by atomic mass is 16.5. The molecule has 0 saturated carbocycles. The zero-order chi connectivity index (χ0) is 38.6. The van der Waals surface area contributed by atoms with Crippen LogP contribution in [0, 0.1) is 0 Å². The molecule has 0 radical (unpaired) electrons. The van der Waals surface area contributed by atoms with Gasteiger partial charge in [-0.25, -0.2) is 0 Å². The van der Waals surface area contributed by atoms with Crippen molar-refractivity contribution in [3.05, 3.63) is 149 Å². The van der Waals surface area contributed by atoms with Crippen molar-refractivity contribution in [1.82, 2.24) is 0 Å². The molecule has 0 spiro atoms. The fraction of sp³-hybridized carbons (Fsp3) is 0.294. The van der Waals surface area contributed by atoms with Crippen LogP contribution in [0.25, 0.3) is 39.1 Å².